The van der Waals surface area contributed by atoms with Gasteiger partial charge in [0, 0.05) is 11.3 Å². The molecule has 0 aliphatic carbocycles. The second kappa shape index (κ2) is 6.35. The van der Waals surface area contributed by atoms with E-state index in [1.807, 2.05) is 0 Å². The molecule has 0 bridgehead atoms. The van der Waals surface area contributed by atoms with E-state index in [0.29, 0.717) is 5.69 Å². The monoisotopic (exact) mass is 290 g/mol. The quantitative estimate of drug-likeness (QED) is 0.888. The van der Waals surface area contributed by atoms with Gasteiger partial charge in [0.1, 0.15) is 11.6 Å². The van der Waals surface area contributed by atoms with Crippen LogP contribution in [0.1, 0.15) is 24.1 Å². The van der Waals surface area contributed by atoms with Gasteiger partial charge in [0.05, 0.1) is 12.5 Å². The van der Waals surface area contributed by atoms with Gasteiger partial charge in [-0.3, -0.25) is 4.79 Å². The van der Waals surface area contributed by atoms with Gasteiger partial charge in [0.15, 0.2) is 0 Å². The van der Waals surface area contributed by atoms with E-state index < -0.39 is 23.6 Å². The zero-order valence-electron chi connectivity index (χ0n) is 11.6. The summed E-state index contributed by atoms with van der Waals surface area (Å²) in [6.45, 7) is 1.68. The Morgan fingerprint density at radius 3 is 2.24 bits per heavy atom. The Hall–Kier alpha value is -2.43. The summed E-state index contributed by atoms with van der Waals surface area (Å²) < 4.78 is 27.4. The molecule has 0 aliphatic rings. The van der Waals surface area contributed by atoms with Crippen molar-refractivity contribution in [2.45, 2.75) is 19.4 Å². The second-order valence-electron chi connectivity index (χ2n) is 4.84. The Morgan fingerprint density at radius 1 is 1.14 bits per heavy atom. The molecule has 0 saturated heterocycles. The van der Waals surface area contributed by atoms with Crippen molar-refractivity contribution in [1.29, 1.82) is 0 Å². The van der Waals surface area contributed by atoms with Crippen molar-refractivity contribution >= 4 is 11.6 Å². The lowest BCUT2D eigenvalue weighted by molar-refractivity contribution is -0.117. The van der Waals surface area contributed by atoms with Crippen molar-refractivity contribution in [3.8, 4) is 0 Å². The Morgan fingerprint density at radius 2 is 1.71 bits per heavy atom. The van der Waals surface area contributed by atoms with Gasteiger partial charge in [-0.2, -0.15) is 0 Å². The van der Waals surface area contributed by atoms with Crippen LogP contribution in [0.25, 0.3) is 0 Å². The van der Waals surface area contributed by atoms with Crippen molar-refractivity contribution in [2.24, 2.45) is 5.73 Å². The van der Waals surface area contributed by atoms with Crippen LogP contribution < -0.4 is 11.1 Å². The van der Waals surface area contributed by atoms with E-state index in [1.165, 1.54) is 18.2 Å². The Balaban J connectivity index is 2.12. The first-order valence-corrected chi connectivity index (χ1v) is 6.55. The molecule has 3 nitrogen and oxygen atoms in total. The number of hydrogen-bond acceptors (Lipinski definition) is 2. The first kappa shape index (κ1) is 15.0. The highest BCUT2D eigenvalue weighted by molar-refractivity contribution is 5.76. The largest absolute Gasteiger partial charge is 0.378 e. The van der Waals surface area contributed by atoms with E-state index >= 15 is 0 Å². The molecule has 21 heavy (non-hydrogen) atoms. The van der Waals surface area contributed by atoms with E-state index in [9.17, 15) is 13.6 Å². The Bertz CT molecular complexity index is 621. The summed E-state index contributed by atoms with van der Waals surface area (Å²) in [7, 11) is 0. The lowest BCUT2D eigenvalue weighted by Gasteiger charge is -2.17. The van der Waals surface area contributed by atoms with Gasteiger partial charge in [-0.15, -0.1) is 0 Å². The van der Waals surface area contributed by atoms with E-state index in [1.54, 1.807) is 31.2 Å². The minimum Gasteiger partial charge on any atom is -0.378 e. The van der Waals surface area contributed by atoms with Crippen LogP contribution >= 0.6 is 0 Å². The van der Waals surface area contributed by atoms with Crippen LogP contribution in [0.4, 0.5) is 14.5 Å². The number of benzene rings is 2. The Labute approximate surface area is 121 Å². The van der Waals surface area contributed by atoms with Crippen LogP contribution in [-0.2, 0) is 11.2 Å². The maximum Gasteiger partial charge on any atom is 0.221 e. The summed E-state index contributed by atoms with van der Waals surface area (Å²) in [4.78, 5) is 10.8. The molecule has 0 aromatic heterocycles. The molecule has 2 aromatic rings. The molecule has 0 spiro atoms. The number of anilines is 1. The molecular weight excluding hydrogens is 274 g/mol. The average molecular weight is 290 g/mol. The third kappa shape index (κ3) is 3.78. The van der Waals surface area contributed by atoms with E-state index in [-0.39, 0.29) is 12.0 Å². The molecule has 2 rings (SSSR count). The van der Waals surface area contributed by atoms with E-state index in [4.69, 9.17) is 5.73 Å². The van der Waals surface area contributed by atoms with Gasteiger partial charge >= 0.3 is 0 Å². The molecule has 1 unspecified atom stereocenters. The lowest BCUT2D eigenvalue weighted by Crippen LogP contribution is -2.14. The number of halogens is 2. The van der Waals surface area contributed by atoms with Crippen LogP contribution in [0, 0.1) is 11.6 Å². The molecule has 0 radical (unpaired) electrons. The first-order chi connectivity index (χ1) is 9.97. The number of carbonyl (C=O) groups excluding carboxylic acids is 1. The minimum atomic E-state index is -0.583. The summed E-state index contributed by atoms with van der Waals surface area (Å²) in [5, 5.41) is 3.02. The maximum atomic E-state index is 13.7. The van der Waals surface area contributed by atoms with Gasteiger partial charge in [-0.1, -0.05) is 18.2 Å². The highest BCUT2D eigenvalue weighted by Gasteiger charge is 2.15. The van der Waals surface area contributed by atoms with Gasteiger partial charge in [-0.05, 0) is 36.8 Å². The Kier molecular flexibility index (Phi) is 4.52. The lowest BCUT2D eigenvalue weighted by atomic mass is 10.1. The fourth-order valence-corrected chi connectivity index (χ4v) is 2.17. The molecule has 0 fully saturated rings. The second-order valence-corrected chi connectivity index (χ2v) is 4.84. The number of nitrogens with two attached hydrogens (primary N) is 1. The number of amides is 1. The van der Waals surface area contributed by atoms with Crippen LogP contribution in [-0.4, -0.2) is 5.91 Å². The maximum absolute atomic E-state index is 13.7. The van der Waals surface area contributed by atoms with Gasteiger partial charge in [-0.25, -0.2) is 8.78 Å². The number of hydrogen-bond donors (Lipinski definition) is 2. The van der Waals surface area contributed by atoms with Crippen LogP contribution in [0.2, 0.25) is 0 Å². The normalized spacial score (nSPS) is 12.0. The molecule has 2 aromatic carbocycles. The third-order valence-electron chi connectivity index (χ3n) is 3.15. The molecular formula is C16H16F2N2O. The number of primary amides is 1. The number of carbonyl (C=O) groups is 1. The van der Waals surface area contributed by atoms with Gasteiger partial charge < -0.3 is 11.1 Å². The van der Waals surface area contributed by atoms with Crippen LogP contribution in [0.15, 0.2) is 42.5 Å². The highest BCUT2D eigenvalue weighted by Crippen LogP contribution is 2.24. The molecule has 1 amide bonds. The van der Waals surface area contributed by atoms with Crippen molar-refractivity contribution in [2.75, 3.05) is 5.32 Å². The minimum absolute atomic E-state index is 0.00119. The molecule has 110 valence electrons. The SMILES string of the molecule is CC(Nc1ccc(CC(N)=O)cc1)c1c(F)cccc1F. The van der Waals surface area contributed by atoms with Crippen molar-refractivity contribution in [3.05, 3.63) is 65.2 Å². The number of rotatable bonds is 5. The topological polar surface area (TPSA) is 55.1 Å². The summed E-state index contributed by atoms with van der Waals surface area (Å²) >= 11 is 0. The fourth-order valence-electron chi connectivity index (χ4n) is 2.17. The molecule has 5 heteroatoms. The zero-order chi connectivity index (χ0) is 15.4. The molecule has 0 heterocycles. The standard InChI is InChI=1S/C16H16F2N2O/c1-10(16-13(17)3-2-4-14(16)18)20-12-7-5-11(6-8-12)9-15(19)21/h2-8,10,20H,9H2,1H3,(H2,19,21). The van der Waals surface area contributed by atoms with Crippen LogP contribution in [0.3, 0.4) is 0 Å². The third-order valence-corrected chi connectivity index (χ3v) is 3.15. The smallest absolute Gasteiger partial charge is 0.221 e. The average Bonchev–Trinajstić information content (AvgIpc) is 2.40. The van der Waals surface area contributed by atoms with E-state index in [2.05, 4.69) is 5.32 Å². The van der Waals surface area contributed by atoms with Crippen molar-refractivity contribution < 1.29 is 13.6 Å². The summed E-state index contributed by atoms with van der Waals surface area (Å²) in [5.41, 5.74) is 6.61. The first-order valence-electron chi connectivity index (χ1n) is 6.55. The zero-order valence-corrected chi connectivity index (χ0v) is 11.6. The van der Waals surface area contributed by atoms with Gasteiger partial charge in [0.25, 0.3) is 0 Å². The molecule has 1 atom stereocenters. The van der Waals surface area contributed by atoms with Gasteiger partial charge in [0.2, 0.25) is 5.91 Å². The molecule has 3 N–H and O–H groups in total. The summed E-state index contributed by atoms with van der Waals surface area (Å²) in [5.74, 6) is -1.57. The summed E-state index contributed by atoms with van der Waals surface area (Å²) in [6, 6.07) is 10.3. The van der Waals surface area contributed by atoms with Crippen molar-refractivity contribution in [1.82, 2.24) is 0 Å². The fraction of sp³-hybridized carbons (Fsp3) is 0.188. The van der Waals surface area contributed by atoms with E-state index in [0.717, 1.165) is 5.56 Å². The molecule has 0 saturated carbocycles. The highest BCUT2D eigenvalue weighted by atomic mass is 19.1. The van der Waals surface area contributed by atoms with Crippen LogP contribution in [0.5, 0.6) is 0 Å². The predicted molar refractivity (Wildman–Crippen MR) is 77.7 cm³/mol. The predicted octanol–water partition coefficient (Wildman–Crippen LogP) is 3.17. The number of nitrogens with one attached hydrogen (secondary N) is 1. The molecule has 0 aliphatic heterocycles. The van der Waals surface area contributed by atoms with Crippen molar-refractivity contribution in [3.63, 3.8) is 0 Å². The summed E-state index contributed by atoms with van der Waals surface area (Å²) in [6.07, 6.45) is 0.164.